The largest absolute Gasteiger partial charge is 0.497 e. The predicted molar refractivity (Wildman–Crippen MR) is 102 cm³/mol. The van der Waals surface area contributed by atoms with Gasteiger partial charge in [-0.3, -0.25) is 4.79 Å². The molecule has 1 heterocycles. The second kappa shape index (κ2) is 9.05. The summed E-state index contributed by atoms with van der Waals surface area (Å²) in [5.74, 6) is 1.38. The second-order valence-corrected chi connectivity index (χ2v) is 7.30. The molecule has 1 aliphatic heterocycles. The van der Waals surface area contributed by atoms with Gasteiger partial charge in [-0.05, 0) is 42.0 Å². The molecule has 1 amide bonds. The van der Waals surface area contributed by atoms with Crippen molar-refractivity contribution in [3.8, 4) is 5.75 Å². The molecule has 0 bridgehead atoms. The van der Waals surface area contributed by atoms with Crippen LogP contribution in [0, 0.1) is 5.82 Å². The minimum atomic E-state index is -0.268. The van der Waals surface area contributed by atoms with Gasteiger partial charge < -0.3 is 15.0 Å². The number of halogens is 1. The second-order valence-electron chi connectivity index (χ2n) is 6.14. The first-order valence-electron chi connectivity index (χ1n) is 8.70. The summed E-state index contributed by atoms with van der Waals surface area (Å²) in [7, 11) is 1.64. The average molecular weight is 374 g/mol. The van der Waals surface area contributed by atoms with Crippen molar-refractivity contribution in [1.29, 1.82) is 0 Å². The molecule has 0 aromatic heterocycles. The number of carbonyl (C=O) groups excluding carboxylic acids is 1. The Morgan fingerprint density at radius 3 is 2.85 bits per heavy atom. The van der Waals surface area contributed by atoms with E-state index in [1.165, 1.54) is 12.1 Å². The van der Waals surface area contributed by atoms with E-state index in [0.29, 0.717) is 25.3 Å². The van der Waals surface area contributed by atoms with Crippen LogP contribution in [0.4, 0.5) is 4.39 Å². The van der Waals surface area contributed by atoms with Crippen molar-refractivity contribution >= 4 is 17.7 Å². The zero-order valence-electron chi connectivity index (χ0n) is 14.8. The van der Waals surface area contributed by atoms with Gasteiger partial charge in [0.25, 0.3) is 0 Å². The first-order valence-corrected chi connectivity index (χ1v) is 9.68. The maximum atomic E-state index is 13.6. The molecule has 2 aromatic carbocycles. The molecular formula is C20H23FN2O2S. The number of carbonyl (C=O) groups is 1. The predicted octanol–water partition coefficient (Wildman–Crippen LogP) is 3.49. The number of methoxy groups -OCH3 is 1. The Hall–Kier alpha value is -2.05. The molecule has 0 spiro atoms. The molecule has 1 aliphatic rings. The SMILES string of the molecule is COc1ccc(SCCC(=O)N2CCNCC2c2cccc(F)c2)cc1. The number of hydrogen-bond acceptors (Lipinski definition) is 4. The summed E-state index contributed by atoms with van der Waals surface area (Å²) in [6, 6.07) is 14.2. The van der Waals surface area contributed by atoms with Crippen molar-refractivity contribution in [2.24, 2.45) is 0 Å². The van der Waals surface area contributed by atoms with Gasteiger partial charge in [0.15, 0.2) is 0 Å². The summed E-state index contributed by atoms with van der Waals surface area (Å²) >= 11 is 1.65. The third kappa shape index (κ3) is 4.77. The lowest BCUT2D eigenvalue weighted by Gasteiger charge is -2.36. The van der Waals surface area contributed by atoms with Gasteiger partial charge in [0, 0.05) is 36.7 Å². The molecule has 3 rings (SSSR count). The van der Waals surface area contributed by atoms with Crippen molar-refractivity contribution in [2.75, 3.05) is 32.5 Å². The minimum Gasteiger partial charge on any atom is -0.497 e. The van der Waals surface area contributed by atoms with E-state index in [0.717, 1.165) is 22.8 Å². The van der Waals surface area contributed by atoms with Crippen molar-refractivity contribution in [2.45, 2.75) is 17.4 Å². The van der Waals surface area contributed by atoms with Crippen LogP contribution < -0.4 is 10.1 Å². The number of nitrogens with one attached hydrogen (secondary N) is 1. The fourth-order valence-corrected chi connectivity index (χ4v) is 3.93. The summed E-state index contributed by atoms with van der Waals surface area (Å²) in [5, 5.41) is 3.30. The third-order valence-electron chi connectivity index (χ3n) is 4.44. The van der Waals surface area contributed by atoms with Crippen LogP contribution in [0.5, 0.6) is 5.75 Å². The Morgan fingerprint density at radius 2 is 2.12 bits per heavy atom. The molecule has 0 aliphatic carbocycles. The summed E-state index contributed by atoms with van der Waals surface area (Å²) < 4.78 is 18.7. The summed E-state index contributed by atoms with van der Waals surface area (Å²) in [6.07, 6.45) is 0.461. The first kappa shape index (κ1) is 18.7. The molecule has 1 saturated heterocycles. The molecular weight excluding hydrogens is 351 g/mol. The highest BCUT2D eigenvalue weighted by Crippen LogP contribution is 2.26. The van der Waals surface area contributed by atoms with Crippen molar-refractivity contribution in [3.63, 3.8) is 0 Å². The van der Waals surface area contributed by atoms with Crippen molar-refractivity contribution in [3.05, 3.63) is 59.9 Å². The van der Waals surface area contributed by atoms with Gasteiger partial charge in [0.1, 0.15) is 11.6 Å². The van der Waals surface area contributed by atoms with Crippen LogP contribution in [0.25, 0.3) is 0 Å². The quantitative estimate of drug-likeness (QED) is 0.786. The monoisotopic (exact) mass is 374 g/mol. The number of benzene rings is 2. The molecule has 1 atom stereocenters. The van der Waals surface area contributed by atoms with Gasteiger partial charge in [-0.25, -0.2) is 4.39 Å². The highest BCUT2D eigenvalue weighted by atomic mass is 32.2. The fraction of sp³-hybridized carbons (Fsp3) is 0.350. The molecule has 26 heavy (non-hydrogen) atoms. The zero-order valence-corrected chi connectivity index (χ0v) is 15.6. The standard InChI is InChI=1S/C20H23FN2O2S/c1-25-17-5-7-18(8-6-17)26-12-9-20(24)23-11-10-22-14-19(23)15-3-2-4-16(21)13-15/h2-8,13,19,22H,9-12,14H2,1H3. The summed E-state index contributed by atoms with van der Waals surface area (Å²) in [5.41, 5.74) is 0.841. The first-order chi connectivity index (χ1) is 12.7. The minimum absolute atomic E-state index is 0.113. The highest BCUT2D eigenvalue weighted by molar-refractivity contribution is 7.99. The van der Waals surface area contributed by atoms with Gasteiger partial charge in [-0.1, -0.05) is 12.1 Å². The average Bonchev–Trinajstić information content (AvgIpc) is 2.68. The van der Waals surface area contributed by atoms with Crippen LogP contribution in [0.15, 0.2) is 53.4 Å². The van der Waals surface area contributed by atoms with E-state index in [2.05, 4.69) is 5.32 Å². The third-order valence-corrected chi connectivity index (χ3v) is 5.46. The van der Waals surface area contributed by atoms with Crippen LogP contribution in [0.2, 0.25) is 0 Å². The van der Waals surface area contributed by atoms with E-state index >= 15 is 0 Å². The number of amides is 1. The lowest BCUT2D eigenvalue weighted by molar-refractivity contribution is -0.134. The number of rotatable bonds is 6. The van der Waals surface area contributed by atoms with Crippen LogP contribution in [0.1, 0.15) is 18.0 Å². The molecule has 2 aromatic rings. The number of ether oxygens (including phenoxy) is 1. The van der Waals surface area contributed by atoms with Crippen LogP contribution in [-0.2, 0) is 4.79 Å². The Kier molecular flexibility index (Phi) is 6.52. The molecule has 1 fully saturated rings. The maximum Gasteiger partial charge on any atom is 0.224 e. The van der Waals surface area contributed by atoms with E-state index in [4.69, 9.17) is 4.74 Å². The Labute approximate surface area is 157 Å². The van der Waals surface area contributed by atoms with Gasteiger partial charge in [-0.2, -0.15) is 0 Å². The number of hydrogen-bond donors (Lipinski definition) is 1. The zero-order chi connectivity index (χ0) is 18.4. The van der Waals surface area contributed by atoms with Crippen LogP contribution in [0.3, 0.4) is 0 Å². The molecule has 138 valence electrons. The van der Waals surface area contributed by atoms with Gasteiger partial charge in [-0.15, -0.1) is 11.8 Å². The van der Waals surface area contributed by atoms with E-state index < -0.39 is 0 Å². The Bertz CT molecular complexity index is 739. The lowest BCUT2D eigenvalue weighted by atomic mass is 10.0. The normalized spacial score (nSPS) is 17.2. The lowest BCUT2D eigenvalue weighted by Crippen LogP contribution is -2.48. The van der Waals surface area contributed by atoms with Crippen LogP contribution >= 0.6 is 11.8 Å². The molecule has 4 nitrogen and oxygen atoms in total. The molecule has 1 unspecified atom stereocenters. The van der Waals surface area contributed by atoms with Crippen LogP contribution in [-0.4, -0.2) is 43.3 Å². The fourth-order valence-electron chi connectivity index (χ4n) is 3.09. The Balaban J connectivity index is 1.58. The molecule has 0 saturated carbocycles. The van der Waals surface area contributed by atoms with Gasteiger partial charge in [0.05, 0.1) is 13.2 Å². The van der Waals surface area contributed by atoms with E-state index in [9.17, 15) is 9.18 Å². The maximum absolute atomic E-state index is 13.6. The van der Waals surface area contributed by atoms with E-state index in [1.54, 1.807) is 24.9 Å². The van der Waals surface area contributed by atoms with E-state index in [-0.39, 0.29) is 17.8 Å². The van der Waals surface area contributed by atoms with Gasteiger partial charge in [0.2, 0.25) is 5.91 Å². The van der Waals surface area contributed by atoms with Crippen molar-refractivity contribution < 1.29 is 13.9 Å². The number of thioether (sulfide) groups is 1. The Morgan fingerprint density at radius 1 is 1.31 bits per heavy atom. The van der Waals surface area contributed by atoms with E-state index in [1.807, 2.05) is 35.2 Å². The van der Waals surface area contributed by atoms with Gasteiger partial charge >= 0.3 is 0 Å². The smallest absolute Gasteiger partial charge is 0.224 e. The topological polar surface area (TPSA) is 41.6 Å². The number of nitrogens with zero attached hydrogens (tertiary/aromatic N) is 1. The highest BCUT2D eigenvalue weighted by Gasteiger charge is 2.27. The summed E-state index contributed by atoms with van der Waals surface area (Å²) in [4.78, 5) is 15.7. The molecule has 1 N–H and O–H groups in total. The summed E-state index contributed by atoms with van der Waals surface area (Å²) in [6.45, 7) is 2.07. The van der Waals surface area contributed by atoms with Crippen molar-refractivity contribution in [1.82, 2.24) is 10.2 Å². The molecule has 6 heteroatoms. The molecule has 0 radical (unpaired) electrons. The number of piperazine rings is 1.